The van der Waals surface area contributed by atoms with Crippen molar-refractivity contribution in [3.8, 4) is 11.1 Å². The Hall–Kier alpha value is -1.85. The lowest BCUT2D eigenvalue weighted by atomic mass is 10.0. The van der Waals surface area contributed by atoms with Gasteiger partial charge in [-0.25, -0.2) is 8.42 Å². The van der Waals surface area contributed by atoms with Gasteiger partial charge in [0.25, 0.3) is 0 Å². The Morgan fingerprint density at radius 2 is 1.65 bits per heavy atom. The molecule has 3 N–H and O–H groups in total. The van der Waals surface area contributed by atoms with E-state index in [9.17, 15) is 8.42 Å². The zero-order valence-electron chi connectivity index (χ0n) is 11.3. The summed E-state index contributed by atoms with van der Waals surface area (Å²) in [6.07, 6.45) is 0. The van der Waals surface area contributed by atoms with Gasteiger partial charge in [-0.1, -0.05) is 48.5 Å². The monoisotopic (exact) mass is 290 g/mol. The first-order valence-corrected chi connectivity index (χ1v) is 7.95. The molecule has 0 aliphatic carbocycles. The molecule has 0 radical (unpaired) electrons. The highest BCUT2D eigenvalue weighted by Gasteiger charge is 2.20. The van der Waals surface area contributed by atoms with Crippen molar-refractivity contribution in [2.75, 3.05) is 11.3 Å². The molecule has 0 fully saturated rings. The second-order valence-corrected chi connectivity index (χ2v) is 6.70. The summed E-state index contributed by atoms with van der Waals surface area (Å²) in [4.78, 5) is 0. The van der Waals surface area contributed by atoms with Crippen molar-refractivity contribution in [2.45, 2.75) is 12.2 Å². The molecule has 2 rings (SSSR count). The molecule has 0 heterocycles. The number of hydrogen-bond acceptors (Lipinski definition) is 3. The second kappa shape index (κ2) is 6.07. The van der Waals surface area contributed by atoms with Crippen molar-refractivity contribution >= 4 is 15.7 Å². The van der Waals surface area contributed by atoms with Crippen molar-refractivity contribution in [3.63, 3.8) is 0 Å². The fourth-order valence-corrected chi connectivity index (χ4v) is 2.76. The fraction of sp³-hybridized carbons (Fsp3) is 0.200. The van der Waals surface area contributed by atoms with Crippen LogP contribution < -0.4 is 10.5 Å². The van der Waals surface area contributed by atoms with Gasteiger partial charge in [-0.2, -0.15) is 0 Å². The van der Waals surface area contributed by atoms with E-state index in [0.717, 1.165) is 11.1 Å². The Bertz CT molecular complexity index is 669. The minimum Gasteiger partial charge on any atom is -0.329 e. The van der Waals surface area contributed by atoms with E-state index in [1.54, 1.807) is 19.1 Å². The summed E-state index contributed by atoms with van der Waals surface area (Å²) in [5, 5.41) is -0.633. The van der Waals surface area contributed by atoms with Gasteiger partial charge < -0.3 is 5.73 Å². The molecule has 0 aliphatic heterocycles. The molecule has 0 bridgehead atoms. The predicted molar refractivity (Wildman–Crippen MR) is 82.9 cm³/mol. The van der Waals surface area contributed by atoms with Crippen LogP contribution in [0.1, 0.15) is 6.92 Å². The van der Waals surface area contributed by atoms with Crippen molar-refractivity contribution in [1.82, 2.24) is 0 Å². The van der Waals surface area contributed by atoms with E-state index < -0.39 is 15.3 Å². The maximum Gasteiger partial charge on any atom is 0.236 e. The fourth-order valence-electron chi connectivity index (χ4n) is 1.82. The van der Waals surface area contributed by atoms with E-state index in [1.807, 2.05) is 42.5 Å². The second-order valence-electron chi connectivity index (χ2n) is 4.61. The molecule has 20 heavy (non-hydrogen) atoms. The van der Waals surface area contributed by atoms with Crippen LogP contribution in [-0.4, -0.2) is 20.2 Å². The third-order valence-electron chi connectivity index (χ3n) is 3.13. The average molecular weight is 290 g/mol. The van der Waals surface area contributed by atoms with Crippen LogP contribution in [-0.2, 0) is 10.0 Å². The molecular weight excluding hydrogens is 272 g/mol. The lowest BCUT2D eigenvalue weighted by Gasteiger charge is -2.16. The molecule has 5 heteroatoms. The Morgan fingerprint density at radius 1 is 1.05 bits per heavy atom. The zero-order valence-corrected chi connectivity index (χ0v) is 12.1. The average Bonchev–Trinajstić information content (AvgIpc) is 2.47. The first-order valence-electron chi connectivity index (χ1n) is 6.41. The third-order valence-corrected chi connectivity index (χ3v) is 4.88. The standard InChI is InChI=1S/C15H18N2O2S/c1-12(11-16)20(18,19)17-15-10-6-5-9-14(15)13-7-3-2-4-8-13/h2-10,12,17H,11,16H2,1H3. The van der Waals surface area contributed by atoms with E-state index >= 15 is 0 Å². The molecule has 0 amide bonds. The SMILES string of the molecule is CC(CN)S(=O)(=O)Nc1ccccc1-c1ccccc1. The van der Waals surface area contributed by atoms with Crippen LogP contribution in [0.2, 0.25) is 0 Å². The number of rotatable bonds is 5. The van der Waals surface area contributed by atoms with Crippen LogP contribution in [0.3, 0.4) is 0 Å². The molecular formula is C15H18N2O2S. The van der Waals surface area contributed by atoms with Crippen LogP contribution in [0.15, 0.2) is 54.6 Å². The van der Waals surface area contributed by atoms with Crippen LogP contribution >= 0.6 is 0 Å². The normalized spacial score (nSPS) is 12.9. The summed E-state index contributed by atoms with van der Waals surface area (Å²) in [5.74, 6) is 0. The quantitative estimate of drug-likeness (QED) is 0.888. The van der Waals surface area contributed by atoms with E-state index in [4.69, 9.17) is 5.73 Å². The molecule has 1 unspecified atom stereocenters. The van der Waals surface area contributed by atoms with Gasteiger partial charge >= 0.3 is 0 Å². The van der Waals surface area contributed by atoms with Gasteiger partial charge in [0.2, 0.25) is 10.0 Å². The smallest absolute Gasteiger partial charge is 0.236 e. The topological polar surface area (TPSA) is 72.2 Å². The summed E-state index contributed by atoms with van der Waals surface area (Å²) in [6.45, 7) is 1.68. The number of anilines is 1. The first-order chi connectivity index (χ1) is 9.54. The molecule has 2 aromatic carbocycles. The highest BCUT2D eigenvalue weighted by Crippen LogP contribution is 2.28. The van der Waals surface area contributed by atoms with Crippen LogP contribution in [0.25, 0.3) is 11.1 Å². The maximum atomic E-state index is 12.1. The number of benzene rings is 2. The Morgan fingerprint density at radius 3 is 2.30 bits per heavy atom. The van der Waals surface area contributed by atoms with Crippen LogP contribution in [0.5, 0.6) is 0 Å². The predicted octanol–water partition coefficient (Wildman–Crippen LogP) is 2.44. The first kappa shape index (κ1) is 14.6. The van der Waals surface area contributed by atoms with E-state index in [-0.39, 0.29) is 6.54 Å². The van der Waals surface area contributed by atoms with Crippen molar-refractivity contribution in [1.29, 1.82) is 0 Å². The molecule has 106 valence electrons. The number of nitrogens with one attached hydrogen (secondary N) is 1. The molecule has 2 aromatic rings. The van der Waals surface area contributed by atoms with E-state index in [1.165, 1.54) is 0 Å². The van der Waals surface area contributed by atoms with Gasteiger partial charge in [0.05, 0.1) is 10.9 Å². The zero-order chi connectivity index (χ0) is 14.6. The Labute approximate surface area is 119 Å². The lowest BCUT2D eigenvalue weighted by molar-refractivity contribution is 0.589. The van der Waals surface area contributed by atoms with Crippen LogP contribution in [0.4, 0.5) is 5.69 Å². The van der Waals surface area contributed by atoms with E-state index in [0.29, 0.717) is 5.69 Å². The number of sulfonamides is 1. The minimum atomic E-state index is -3.47. The number of para-hydroxylation sites is 1. The summed E-state index contributed by atoms with van der Waals surface area (Å²) in [6, 6.07) is 17.0. The summed E-state index contributed by atoms with van der Waals surface area (Å²) in [7, 11) is -3.47. The van der Waals surface area contributed by atoms with E-state index in [2.05, 4.69) is 4.72 Å². The maximum absolute atomic E-state index is 12.1. The van der Waals surface area contributed by atoms with Gasteiger partial charge in [0.15, 0.2) is 0 Å². The summed E-state index contributed by atoms with van der Waals surface area (Å²) in [5.41, 5.74) is 7.82. The molecule has 0 saturated heterocycles. The van der Waals surface area contributed by atoms with Crippen LogP contribution in [0, 0.1) is 0 Å². The molecule has 0 spiro atoms. The molecule has 0 saturated carbocycles. The Balaban J connectivity index is 2.40. The molecule has 4 nitrogen and oxygen atoms in total. The van der Waals surface area contributed by atoms with Gasteiger partial charge in [-0.3, -0.25) is 4.72 Å². The number of nitrogens with two attached hydrogens (primary N) is 1. The molecule has 0 aliphatic rings. The van der Waals surface area contributed by atoms with Gasteiger partial charge in [-0.05, 0) is 18.6 Å². The van der Waals surface area contributed by atoms with Gasteiger partial charge in [0.1, 0.15) is 0 Å². The Kier molecular flexibility index (Phi) is 4.42. The van der Waals surface area contributed by atoms with Crippen molar-refractivity contribution in [3.05, 3.63) is 54.6 Å². The highest BCUT2D eigenvalue weighted by atomic mass is 32.2. The summed E-state index contributed by atoms with van der Waals surface area (Å²) < 4.78 is 26.9. The van der Waals surface area contributed by atoms with Gasteiger partial charge in [0, 0.05) is 12.1 Å². The lowest BCUT2D eigenvalue weighted by Crippen LogP contribution is -2.31. The minimum absolute atomic E-state index is 0.0861. The third kappa shape index (κ3) is 3.18. The molecule has 0 aromatic heterocycles. The largest absolute Gasteiger partial charge is 0.329 e. The summed E-state index contributed by atoms with van der Waals surface area (Å²) >= 11 is 0. The molecule has 1 atom stereocenters. The highest BCUT2D eigenvalue weighted by molar-refractivity contribution is 7.93. The number of hydrogen-bond donors (Lipinski definition) is 2. The van der Waals surface area contributed by atoms with Gasteiger partial charge in [-0.15, -0.1) is 0 Å². The van der Waals surface area contributed by atoms with Crippen molar-refractivity contribution in [2.24, 2.45) is 5.73 Å². The van der Waals surface area contributed by atoms with Crippen molar-refractivity contribution < 1.29 is 8.42 Å².